The Kier molecular flexibility index (Phi) is 5.61. The zero-order valence-electron chi connectivity index (χ0n) is 11.9. The highest BCUT2D eigenvalue weighted by Gasteiger charge is 2.05. The van der Waals surface area contributed by atoms with Crippen LogP contribution < -0.4 is 5.32 Å². The van der Waals surface area contributed by atoms with Crippen molar-refractivity contribution in [2.45, 2.75) is 20.3 Å². The van der Waals surface area contributed by atoms with E-state index < -0.39 is 0 Å². The third-order valence-corrected chi connectivity index (χ3v) is 3.90. The van der Waals surface area contributed by atoms with Crippen LogP contribution in [-0.4, -0.2) is 29.3 Å². The molecule has 2 rings (SSSR count). The van der Waals surface area contributed by atoms with Crippen molar-refractivity contribution in [3.63, 3.8) is 0 Å². The molecule has 1 aromatic carbocycles. The highest BCUT2D eigenvalue weighted by molar-refractivity contribution is 9.10. The predicted molar refractivity (Wildman–Crippen MR) is 85.6 cm³/mol. The lowest BCUT2D eigenvalue weighted by atomic mass is 10.2. The minimum Gasteiger partial charge on any atom is -0.382 e. The minimum absolute atomic E-state index is 0.771. The van der Waals surface area contributed by atoms with Crippen LogP contribution in [0.1, 0.15) is 18.9 Å². The maximum Gasteiger partial charge on any atom is 0.207 e. The van der Waals surface area contributed by atoms with E-state index in [9.17, 15) is 0 Å². The molecule has 1 heterocycles. The Bertz CT molecular complexity index is 554. The van der Waals surface area contributed by atoms with E-state index in [0.29, 0.717) is 0 Å². The zero-order valence-corrected chi connectivity index (χ0v) is 13.5. The van der Waals surface area contributed by atoms with Gasteiger partial charge in [0.2, 0.25) is 5.95 Å². The zero-order chi connectivity index (χ0) is 14.4. The molecular weight excluding hydrogens is 318 g/mol. The molecule has 0 aliphatic carbocycles. The maximum absolute atomic E-state index is 5.32. The smallest absolute Gasteiger partial charge is 0.207 e. The van der Waals surface area contributed by atoms with Gasteiger partial charge in [0.05, 0.1) is 0 Å². The lowest BCUT2D eigenvalue weighted by molar-refractivity contribution is 0.147. The summed E-state index contributed by atoms with van der Waals surface area (Å²) in [6, 6.07) is 6.27. The maximum atomic E-state index is 5.32. The molecule has 20 heavy (non-hydrogen) atoms. The largest absolute Gasteiger partial charge is 0.382 e. The molecule has 2 aromatic rings. The Morgan fingerprint density at radius 3 is 3.00 bits per heavy atom. The summed E-state index contributed by atoms with van der Waals surface area (Å²) < 4.78 is 8.50. The Hall–Kier alpha value is -1.33. The first-order valence-corrected chi connectivity index (χ1v) is 7.63. The van der Waals surface area contributed by atoms with Gasteiger partial charge in [-0.3, -0.25) is 4.57 Å². The Morgan fingerprint density at radius 1 is 1.40 bits per heavy atom. The van der Waals surface area contributed by atoms with Crippen LogP contribution in [0, 0.1) is 6.92 Å². The number of imidazole rings is 1. The molecular formula is C15H20BrN3O. The Balaban J connectivity index is 2.02. The van der Waals surface area contributed by atoms with E-state index in [4.69, 9.17) is 4.74 Å². The van der Waals surface area contributed by atoms with Crippen LogP contribution in [0.15, 0.2) is 35.1 Å². The normalized spacial score (nSPS) is 10.8. The Morgan fingerprint density at radius 2 is 2.25 bits per heavy atom. The van der Waals surface area contributed by atoms with Crippen molar-refractivity contribution in [2.75, 3.05) is 25.1 Å². The molecule has 0 amide bonds. The fourth-order valence-electron chi connectivity index (χ4n) is 1.94. The standard InChI is InChI=1S/C15H20BrN3O/c1-3-20-10-4-7-17-15-18-8-9-19(15)13-5-6-14(16)12(2)11-13/h5-6,8-9,11H,3-4,7,10H2,1-2H3,(H,17,18). The van der Waals surface area contributed by atoms with Crippen molar-refractivity contribution < 1.29 is 4.74 Å². The summed E-state index contributed by atoms with van der Waals surface area (Å²) in [7, 11) is 0. The first kappa shape index (κ1) is 15.1. The van der Waals surface area contributed by atoms with Crippen LogP contribution in [0.5, 0.6) is 0 Å². The van der Waals surface area contributed by atoms with E-state index in [0.717, 1.165) is 42.3 Å². The van der Waals surface area contributed by atoms with Crippen LogP contribution in [0.2, 0.25) is 0 Å². The van der Waals surface area contributed by atoms with Gasteiger partial charge < -0.3 is 10.1 Å². The number of ether oxygens (including phenoxy) is 1. The van der Waals surface area contributed by atoms with Gasteiger partial charge in [0.1, 0.15) is 0 Å². The SMILES string of the molecule is CCOCCCNc1nccn1-c1ccc(Br)c(C)c1. The van der Waals surface area contributed by atoms with Gasteiger partial charge >= 0.3 is 0 Å². The number of anilines is 1. The molecule has 1 N–H and O–H groups in total. The summed E-state index contributed by atoms with van der Waals surface area (Å²) >= 11 is 3.52. The quantitative estimate of drug-likeness (QED) is 0.781. The number of aryl methyl sites for hydroxylation is 1. The molecule has 1 aromatic heterocycles. The molecule has 0 saturated carbocycles. The number of rotatable bonds is 7. The van der Waals surface area contributed by atoms with E-state index in [1.165, 1.54) is 5.56 Å². The molecule has 0 aliphatic heterocycles. The van der Waals surface area contributed by atoms with Crippen LogP contribution in [-0.2, 0) is 4.74 Å². The topological polar surface area (TPSA) is 39.1 Å². The average Bonchev–Trinajstić information content (AvgIpc) is 2.90. The lowest BCUT2D eigenvalue weighted by Gasteiger charge is -2.11. The average molecular weight is 338 g/mol. The molecule has 0 unspecified atom stereocenters. The molecule has 0 spiro atoms. The van der Waals surface area contributed by atoms with Crippen molar-refractivity contribution in [3.05, 3.63) is 40.6 Å². The van der Waals surface area contributed by atoms with E-state index in [1.807, 2.05) is 19.3 Å². The molecule has 0 radical (unpaired) electrons. The van der Waals surface area contributed by atoms with Crippen molar-refractivity contribution in [3.8, 4) is 5.69 Å². The molecule has 0 fully saturated rings. The van der Waals surface area contributed by atoms with Crippen molar-refractivity contribution >= 4 is 21.9 Å². The van der Waals surface area contributed by atoms with Crippen LogP contribution >= 0.6 is 15.9 Å². The number of nitrogens with zero attached hydrogens (tertiary/aromatic N) is 2. The van der Waals surface area contributed by atoms with Crippen LogP contribution in [0.25, 0.3) is 5.69 Å². The molecule has 0 aliphatic rings. The van der Waals surface area contributed by atoms with E-state index in [1.54, 1.807) is 0 Å². The molecule has 0 saturated heterocycles. The highest BCUT2D eigenvalue weighted by atomic mass is 79.9. The fraction of sp³-hybridized carbons (Fsp3) is 0.400. The summed E-state index contributed by atoms with van der Waals surface area (Å²) in [6.45, 7) is 6.50. The summed E-state index contributed by atoms with van der Waals surface area (Å²) in [5.74, 6) is 0.864. The fourth-order valence-corrected chi connectivity index (χ4v) is 2.19. The molecule has 5 heteroatoms. The third-order valence-electron chi connectivity index (χ3n) is 3.01. The second-order valence-corrected chi connectivity index (χ2v) is 5.39. The van der Waals surface area contributed by atoms with E-state index in [2.05, 4.69) is 55.9 Å². The van der Waals surface area contributed by atoms with Gasteiger partial charge in [-0.1, -0.05) is 15.9 Å². The molecule has 0 atom stereocenters. The van der Waals surface area contributed by atoms with Crippen molar-refractivity contribution in [1.29, 1.82) is 0 Å². The number of hydrogen-bond donors (Lipinski definition) is 1. The van der Waals surface area contributed by atoms with Crippen molar-refractivity contribution in [1.82, 2.24) is 9.55 Å². The number of hydrogen-bond acceptors (Lipinski definition) is 3. The summed E-state index contributed by atoms with van der Waals surface area (Å²) in [5.41, 5.74) is 2.31. The van der Waals surface area contributed by atoms with Gasteiger partial charge in [0.15, 0.2) is 0 Å². The molecule has 108 valence electrons. The number of nitrogens with one attached hydrogen (secondary N) is 1. The minimum atomic E-state index is 0.771. The van der Waals surface area contributed by atoms with E-state index >= 15 is 0 Å². The van der Waals surface area contributed by atoms with Gasteiger partial charge in [-0.2, -0.15) is 0 Å². The van der Waals surface area contributed by atoms with Crippen LogP contribution in [0.3, 0.4) is 0 Å². The van der Waals surface area contributed by atoms with Crippen LogP contribution in [0.4, 0.5) is 5.95 Å². The Labute approximate surface area is 128 Å². The van der Waals surface area contributed by atoms with Gasteiger partial charge in [0.25, 0.3) is 0 Å². The first-order valence-electron chi connectivity index (χ1n) is 6.84. The molecule has 4 nitrogen and oxygen atoms in total. The summed E-state index contributed by atoms with van der Waals surface area (Å²) in [5, 5.41) is 3.34. The summed E-state index contributed by atoms with van der Waals surface area (Å²) in [6.07, 6.45) is 4.75. The number of benzene rings is 1. The summed E-state index contributed by atoms with van der Waals surface area (Å²) in [4.78, 5) is 4.36. The van der Waals surface area contributed by atoms with Gasteiger partial charge in [-0.15, -0.1) is 0 Å². The molecule has 0 bridgehead atoms. The van der Waals surface area contributed by atoms with Gasteiger partial charge in [-0.25, -0.2) is 4.98 Å². The first-order chi connectivity index (χ1) is 9.72. The number of halogens is 1. The van der Waals surface area contributed by atoms with Gasteiger partial charge in [-0.05, 0) is 44.0 Å². The lowest BCUT2D eigenvalue weighted by Crippen LogP contribution is -2.10. The third kappa shape index (κ3) is 3.84. The van der Waals surface area contributed by atoms with Crippen molar-refractivity contribution in [2.24, 2.45) is 0 Å². The van der Waals surface area contributed by atoms with Gasteiger partial charge in [0, 0.05) is 42.3 Å². The second-order valence-electron chi connectivity index (χ2n) is 4.53. The second kappa shape index (κ2) is 7.45. The monoisotopic (exact) mass is 337 g/mol. The number of aromatic nitrogens is 2. The predicted octanol–water partition coefficient (Wildman–Crippen LogP) is 3.78. The highest BCUT2D eigenvalue weighted by Crippen LogP contribution is 2.21. The van der Waals surface area contributed by atoms with E-state index in [-0.39, 0.29) is 0 Å².